The maximum atomic E-state index is 5.48. The van der Waals surface area contributed by atoms with Gasteiger partial charge in [-0.25, -0.2) is 0 Å². The van der Waals surface area contributed by atoms with Crippen molar-refractivity contribution in [2.75, 3.05) is 33.4 Å². The van der Waals surface area contributed by atoms with Crippen molar-refractivity contribution in [3.63, 3.8) is 0 Å². The van der Waals surface area contributed by atoms with Crippen LogP contribution in [0, 0.1) is 6.92 Å². The van der Waals surface area contributed by atoms with Crippen LogP contribution in [-0.4, -0.2) is 44.3 Å². The van der Waals surface area contributed by atoms with Crippen LogP contribution in [0.2, 0.25) is 0 Å². The van der Waals surface area contributed by atoms with E-state index in [1.807, 2.05) is 0 Å². The van der Waals surface area contributed by atoms with Gasteiger partial charge in [0.2, 0.25) is 0 Å². The highest BCUT2D eigenvalue weighted by Gasteiger charge is 2.23. The maximum Gasteiger partial charge on any atom is 0.0622 e. The third-order valence-corrected chi connectivity index (χ3v) is 3.93. The number of rotatable bonds is 6. The minimum absolute atomic E-state index is 0.399. The lowest BCUT2D eigenvalue weighted by Crippen LogP contribution is -2.39. The normalized spacial score (nSPS) is 20.9. The van der Waals surface area contributed by atoms with Crippen LogP contribution in [0.4, 0.5) is 0 Å². The van der Waals surface area contributed by atoms with E-state index in [1.165, 1.54) is 11.1 Å². The van der Waals surface area contributed by atoms with E-state index in [2.05, 4.69) is 55.4 Å². The van der Waals surface area contributed by atoms with Crippen LogP contribution in [0.3, 0.4) is 0 Å². The van der Waals surface area contributed by atoms with E-state index in [1.54, 1.807) is 0 Å². The molecule has 1 heterocycles. The fourth-order valence-electron chi connectivity index (χ4n) is 2.64. The molecule has 1 saturated heterocycles. The molecule has 0 spiro atoms. The summed E-state index contributed by atoms with van der Waals surface area (Å²) < 4.78 is 5.48. The van der Waals surface area contributed by atoms with Crippen molar-refractivity contribution >= 4 is 0 Å². The standard InChI is InChI=1S/C16H26N2O/c1-4-17-16(14-7-5-13(2)6-8-14)11-18(3)15-9-10-19-12-15/h5-8,15-17H,4,9-12H2,1-3H3. The highest BCUT2D eigenvalue weighted by molar-refractivity contribution is 5.24. The van der Waals surface area contributed by atoms with E-state index in [0.29, 0.717) is 12.1 Å². The highest BCUT2D eigenvalue weighted by atomic mass is 16.5. The molecule has 1 aromatic rings. The summed E-state index contributed by atoms with van der Waals surface area (Å²) in [4.78, 5) is 2.43. The summed E-state index contributed by atoms with van der Waals surface area (Å²) in [5.74, 6) is 0. The van der Waals surface area contributed by atoms with Gasteiger partial charge in [-0.15, -0.1) is 0 Å². The largest absolute Gasteiger partial charge is 0.380 e. The van der Waals surface area contributed by atoms with Crippen molar-refractivity contribution in [3.8, 4) is 0 Å². The topological polar surface area (TPSA) is 24.5 Å². The Bertz CT molecular complexity index is 371. The first kappa shape index (κ1) is 14.5. The first-order chi connectivity index (χ1) is 9.20. The molecule has 0 aliphatic carbocycles. The van der Waals surface area contributed by atoms with Crippen LogP contribution < -0.4 is 5.32 Å². The molecular weight excluding hydrogens is 236 g/mol. The van der Waals surface area contributed by atoms with E-state index in [0.717, 1.165) is 32.7 Å². The number of aryl methyl sites for hydroxylation is 1. The Balaban J connectivity index is 2.00. The molecule has 0 amide bonds. The number of ether oxygens (including phenoxy) is 1. The Morgan fingerprint density at radius 2 is 2.11 bits per heavy atom. The Labute approximate surface area is 116 Å². The lowest BCUT2D eigenvalue weighted by molar-refractivity contribution is 0.153. The second kappa shape index (κ2) is 7.04. The van der Waals surface area contributed by atoms with Crippen LogP contribution in [0.5, 0.6) is 0 Å². The van der Waals surface area contributed by atoms with Gasteiger partial charge in [0.25, 0.3) is 0 Å². The van der Waals surface area contributed by atoms with E-state index in [4.69, 9.17) is 4.74 Å². The molecule has 19 heavy (non-hydrogen) atoms. The van der Waals surface area contributed by atoms with Crippen molar-refractivity contribution in [1.29, 1.82) is 0 Å². The van der Waals surface area contributed by atoms with Gasteiger partial charge in [-0.3, -0.25) is 4.90 Å². The summed E-state index contributed by atoms with van der Waals surface area (Å²) in [5.41, 5.74) is 2.69. The molecule has 0 saturated carbocycles. The van der Waals surface area contributed by atoms with E-state index in [-0.39, 0.29) is 0 Å². The molecule has 1 aromatic carbocycles. The lowest BCUT2D eigenvalue weighted by atomic mass is 10.0. The lowest BCUT2D eigenvalue weighted by Gasteiger charge is -2.28. The van der Waals surface area contributed by atoms with Crippen LogP contribution >= 0.6 is 0 Å². The molecule has 1 aliphatic heterocycles. The third-order valence-electron chi connectivity index (χ3n) is 3.93. The van der Waals surface area contributed by atoms with Crippen LogP contribution in [-0.2, 0) is 4.74 Å². The maximum absolute atomic E-state index is 5.48. The van der Waals surface area contributed by atoms with Gasteiger partial charge in [0, 0.05) is 25.2 Å². The van der Waals surface area contributed by atoms with Crippen LogP contribution in [0.15, 0.2) is 24.3 Å². The predicted molar refractivity (Wildman–Crippen MR) is 79.5 cm³/mol. The average molecular weight is 262 g/mol. The zero-order valence-electron chi connectivity index (χ0n) is 12.4. The molecule has 0 bridgehead atoms. The summed E-state index contributed by atoms with van der Waals surface area (Å²) >= 11 is 0. The zero-order chi connectivity index (χ0) is 13.7. The van der Waals surface area contributed by atoms with E-state index >= 15 is 0 Å². The van der Waals surface area contributed by atoms with Crippen molar-refractivity contribution in [3.05, 3.63) is 35.4 Å². The van der Waals surface area contributed by atoms with Crippen molar-refractivity contribution in [2.24, 2.45) is 0 Å². The molecule has 3 heteroatoms. The highest BCUT2D eigenvalue weighted by Crippen LogP contribution is 2.18. The smallest absolute Gasteiger partial charge is 0.0622 e. The zero-order valence-corrected chi connectivity index (χ0v) is 12.4. The molecule has 1 aliphatic rings. The first-order valence-electron chi connectivity index (χ1n) is 7.28. The van der Waals surface area contributed by atoms with Gasteiger partial charge in [0.1, 0.15) is 0 Å². The van der Waals surface area contributed by atoms with Crippen LogP contribution in [0.1, 0.15) is 30.5 Å². The second-order valence-corrected chi connectivity index (χ2v) is 5.48. The van der Waals surface area contributed by atoms with Gasteiger partial charge >= 0.3 is 0 Å². The quantitative estimate of drug-likeness (QED) is 0.852. The van der Waals surface area contributed by atoms with Crippen LogP contribution in [0.25, 0.3) is 0 Å². The van der Waals surface area contributed by atoms with E-state index in [9.17, 15) is 0 Å². The molecule has 2 unspecified atom stereocenters. The second-order valence-electron chi connectivity index (χ2n) is 5.48. The Hall–Kier alpha value is -0.900. The predicted octanol–water partition coefficient (Wildman–Crippen LogP) is 2.37. The Morgan fingerprint density at radius 3 is 2.68 bits per heavy atom. The molecule has 3 nitrogen and oxygen atoms in total. The van der Waals surface area contributed by atoms with E-state index < -0.39 is 0 Å². The van der Waals surface area contributed by atoms with Gasteiger partial charge < -0.3 is 10.1 Å². The van der Waals surface area contributed by atoms with Gasteiger partial charge in [0.15, 0.2) is 0 Å². The fraction of sp³-hybridized carbons (Fsp3) is 0.625. The number of likely N-dealkylation sites (N-methyl/N-ethyl adjacent to an activating group) is 2. The molecule has 1 fully saturated rings. The number of nitrogens with zero attached hydrogens (tertiary/aromatic N) is 1. The summed E-state index contributed by atoms with van der Waals surface area (Å²) in [5, 5.41) is 3.59. The summed E-state index contributed by atoms with van der Waals surface area (Å²) in [7, 11) is 2.21. The SMILES string of the molecule is CCNC(CN(C)C1CCOC1)c1ccc(C)cc1. The molecular formula is C16H26N2O. The minimum Gasteiger partial charge on any atom is -0.380 e. The molecule has 106 valence electrons. The number of hydrogen-bond donors (Lipinski definition) is 1. The molecule has 2 atom stereocenters. The van der Waals surface area contributed by atoms with Gasteiger partial charge in [0.05, 0.1) is 6.61 Å². The number of hydrogen-bond acceptors (Lipinski definition) is 3. The molecule has 0 aromatic heterocycles. The monoisotopic (exact) mass is 262 g/mol. The average Bonchev–Trinajstić information content (AvgIpc) is 2.93. The summed E-state index contributed by atoms with van der Waals surface area (Å²) in [6.45, 7) is 8.11. The number of benzene rings is 1. The Morgan fingerprint density at radius 1 is 1.37 bits per heavy atom. The third kappa shape index (κ3) is 4.03. The van der Waals surface area contributed by atoms with Gasteiger partial charge in [-0.2, -0.15) is 0 Å². The summed E-state index contributed by atoms with van der Waals surface area (Å²) in [6, 6.07) is 9.84. The first-order valence-corrected chi connectivity index (χ1v) is 7.28. The fourth-order valence-corrected chi connectivity index (χ4v) is 2.64. The molecule has 2 rings (SSSR count). The number of nitrogens with one attached hydrogen (secondary N) is 1. The summed E-state index contributed by atoms with van der Waals surface area (Å²) in [6.07, 6.45) is 1.16. The van der Waals surface area contributed by atoms with Crippen molar-refractivity contribution in [1.82, 2.24) is 10.2 Å². The molecule has 0 radical (unpaired) electrons. The van der Waals surface area contributed by atoms with Crippen molar-refractivity contribution in [2.45, 2.75) is 32.4 Å². The van der Waals surface area contributed by atoms with Gasteiger partial charge in [-0.1, -0.05) is 36.8 Å². The minimum atomic E-state index is 0.399. The Kier molecular flexibility index (Phi) is 5.37. The van der Waals surface area contributed by atoms with Crippen molar-refractivity contribution < 1.29 is 4.74 Å². The molecule has 1 N–H and O–H groups in total. The van der Waals surface area contributed by atoms with Gasteiger partial charge in [-0.05, 0) is 32.5 Å².